The van der Waals surface area contributed by atoms with Crippen molar-refractivity contribution in [3.05, 3.63) is 35.4 Å². The SMILES string of the molecule is NCC1(CC2CCCO2)CCc2ccccc21. The number of hydrogen-bond donors (Lipinski definition) is 1. The van der Waals surface area contributed by atoms with Crippen LogP contribution < -0.4 is 5.73 Å². The van der Waals surface area contributed by atoms with E-state index in [2.05, 4.69) is 24.3 Å². The Bertz CT molecular complexity index is 398. The van der Waals surface area contributed by atoms with E-state index in [9.17, 15) is 0 Å². The molecule has 1 aliphatic carbocycles. The van der Waals surface area contributed by atoms with Gasteiger partial charge in [-0.25, -0.2) is 0 Å². The van der Waals surface area contributed by atoms with E-state index in [0.29, 0.717) is 6.10 Å². The molecule has 0 aromatic heterocycles. The molecular formula is C15H21NO. The highest BCUT2D eigenvalue weighted by Crippen LogP contribution is 2.43. The molecule has 2 atom stereocenters. The third-order valence-corrected chi connectivity index (χ3v) is 4.49. The standard InChI is InChI=1S/C15H21NO/c16-11-15(10-13-5-3-9-17-13)8-7-12-4-1-2-6-14(12)15/h1-2,4,6,13H,3,5,7-11,16H2. The van der Waals surface area contributed by atoms with E-state index < -0.39 is 0 Å². The van der Waals surface area contributed by atoms with Crippen molar-refractivity contribution < 1.29 is 4.74 Å². The lowest BCUT2D eigenvalue weighted by molar-refractivity contribution is 0.0829. The Labute approximate surface area is 103 Å². The van der Waals surface area contributed by atoms with E-state index in [0.717, 1.165) is 19.6 Å². The minimum absolute atomic E-state index is 0.186. The monoisotopic (exact) mass is 231 g/mol. The first kappa shape index (κ1) is 11.2. The van der Waals surface area contributed by atoms with Crippen LogP contribution in [0.15, 0.2) is 24.3 Å². The first-order valence-electron chi connectivity index (χ1n) is 6.74. The molecule has 0 bridgehead atoms. The Morgan fingerprint density at radius 1 is 1.35 bits per heavy atom. The van der Waals surface area contributed by atoms with Gasteiger partial charge in [0.1, 0.15) is 0 Å². The maximum Gasteiger partial charge on any atom is 0.0585 e. The lowest BCUT2D eigenvalue weighted by atomic mass is 9.77. The highest BCUT2D eigenvalue weighted by Gasteiger charge is 2.39. The zero-order chi connectivity index (χ0) is 11.7. The summed E-state index contributed by atoms with van der Waals surface area (Å²) in [7, 11) is 0. The van der Waals surface area contributed by atoms with Crippen molar-refractivity contribution in [3.63, 3.8) is 0 Å². The van der Waals surface area contributed by atoms with Gasteiger partial charge in [0, 0.05) is 18.6 Å². The van der Waals surface area contributed by atoms with Crippen LogP contribution in [0.3, 0.4) is 0 Å². The third kappa shape index (κ3) is 1.90. The van der Waals surface area contributed by atoms with Gasteiger partial charge in [-0.3, -0.25) is 0 Å². The van der Waals surface area contributed by atoms with Crippen molar-refractivity contribution in [1.29, 1.82) is 0 Å². The number of benzene rings is 1. The van der Waals surface area contributed by atoms with Crippen molar-refractivity contribution in [3.8, 4) is 0 Å². The van der Waals surface area contributed by atoms with Gasteiger partial charge in [-0.1, -0.05) is 24.3 Å². The van der Waals surface area contributed by atoms with Crippen molar-refractivity contribution in [1.82, 2.24) is 0 Å². The molecule has 0 amide bonds. The minimum atomic E-state index is 0.186. The van der Waals surface area contributed by atoms with Crippen LogP contribution in [0.4, 0.5) is 0 Å². The number of hydrogen-bond acceptors (Lipinski definition) is 2. The van der Waals surface area contributed by atoms with Crippen molar-refractivity contribution in [2.75, 3.05) is 13.2 Å². The molecule has 1 saturated heterocycles. The number of nitrogens with two attached hydrogens (primary N) is 1. The summed E-state index contributed by atoms with van der Waals surface area (Å²) in [6.45, 7) is 1.69. The van der Waals surface area contributed by atoms with Crippen LogP contribution in [0.1, 0.15) is 36.8 Å². The molecular weight excluding hydrogens is 210 g/mol. The molecule has 2 nitrogen and oxygen atoms in total. The molecule has 2 unspecified atom stereocenters. The van der Waals surface area contributed by atoms with Crippen molar-refractivity contribution in [2.24, 2.45) is 5.73 Å². The summed E-state index contributed by atoms with van der Waals surface area (Å²) in [6.07, 6.45) is 6.35. The van der Waals surface area contributed by atoms with Crippen LogP contribution in [0.5, 0.6) is 0 Å². The number of ether oxygens (including phenoxy) is 1. The fraction of sp³-hybridized carbons (Fsp3) is 0.600. The van der Waals surface area contributed by atoms with Gasteiger partial charge in [0.25, 0.3) is 0 Å². The highest BCUT2D eigenvalue weighted by molar-refractivity contribution is 5.39. The van der Waals surface area contributed by atoms with E-state index in [1.165, 1.54) is 36.8 Å². The lowest BCUT2D eigenvalue weighted by Gasteiger charge is -2.31. The van der Waals surface area contributed by atoms with E-state index in [1.807, 2.05) is 0 Å². The predicted molar refractivity (Wildman–Crippen MR) is 69.1 cm³/mol. The molecule has 0 spiro atoms. The Kier molecular flexibility index (Phi) is 2.93. The Hall–Kier alpha value is -0.860. The molecule has 1 aromatic rings. The molecule has 92 valence electrons. The molecule has 0 radical (unpaired) electrons. The second-order valence-corrected chi connectivity index (χ2v) is 5.48. The summed E-state index contributed by atoms with van der Waals surface area (Å²) < 4.78 is 5.80. The van der Waals surface area contributed by atoms with Crippen LogP contribution in [0.25, 0.3) is 0 Å². The van der Waals surface area contributed by atoms with Gasteiger partial charge in [-0.2, -0.15) is 0 Å². The highest BCUT2D eigenvalue weighted by atomic mass is 16.5. The summed E-state index contributed by atoms with van der Waals surface area (Å²) >= 11 is 0. The first-order chi connectivity index (χ1) is 8.34. The van der Waals surface area contributed by atoms with Gasteiger partial charge in [-0.15, -0.1) is 0 Å². The summed E-state index contributed by atoms with van der Waals surface area (Å²) in [6, 6.07) is 8.80. The van der Waals surface area contributed by atoms with Gasteiger partial charge in [0.2, 0.25) is 0 Å². The van der Waals surface area contributed by atoms with Gasteiger partial charge >= 0.3 is 0 Å². The second-order valence-electron chi connectivity index (χ2n) is 5.48. The van der Waals surface area contributed by atoms with Crippen LogP contribution in [0.2, 0.25) is 0 Å². The maximum absolute atomic E-state index is 6.11. The molecule has 3 rings (SSSR count). The second kappa shape index (κ2) is 4.43. The van der Waals surface area contributed by atoms with Gasteiger partial charge < -0.3 is 10.5 Å². The largest absolute Gasteiger partial charge is 0.378 e. The number of rotatable bonds is 3. The molecule has 1 heterocycles. The number of fused-ring (bicyclic) bond motifs is 1. The third-order valence-electron chi connectivity index (χ3n) is 4.49. The van der Waals surface area contributed by atoms with Crippen LogP contribution in [-0.2, 0) is 16.6 Å². The Balaban J connectivity index is 1.87. The van der Waals surface area contributed by atoms with Crippen LogP contribution in [-0.4, -0.2) is 19.3 Å². The normalized spacial score (nSPS) is 31.7. The summed E-state index contributed by atoms with van der Waals surface area (Å²) in [5.74, 6) is 0. The predicted octanol–water partition coefficient (Wildman–Crippen LogP) is 2.40. The van der Waals surface area contributed by atoms with Crippen molar-refractivity contribution in [2.45, 2.75) is 43.6 Å². The quantitative estimate of drug-likeness (QED) is 0.867. The fourth-order valence-corrected chi connectivity index (χ4v) is 3.51. The van der Waals surface area contributed by atoms with Gasteiger partial charge in [0.15, 0.2) is 0 Å². The van der Waals surface area contributed by atoms with Gasteiger partial charge in [-0.05, 0) is 43.2 Å². The average molecular weight is 231 g/mol. The van der Waals surface area contributed by atoms with Crippen LogP contribution >= 0.6 is 0 Å². The molecule has 2 heteroatoms. The minimum Gasteiger partial charge on any atom is -0.378 e. The summed E-state index contributed by atoms with van der Waals surface area (Å²) in [4.78, 5) is 0. The first-order valence-corrected chi connectivity index (χ1v) is 6.74. The molecule has 1 aliphatic heterocycles. The van der Waals surface area contributed by atoms with E-state index >= 15 is 0 Å². The molecule has 0 saturated carbocycles. The summed E-state index contributed by atoms with van der Waals surface area (Å²) in [5, 5.41) is 0. The molecule has 1 aromatic carbocycles. The maximum atomic E-state index is 6.11. The average Bonchev–Trinajstić information content (AvgIpc) is 2.99. The fourth-order valence-electron chi connectivity index (χ4n) is 3.51. The lowest BCUT2D eigenvalue weighted by Crippen LogP contribution is -2.36. The summed E-state index contributed by atoms with van der Waals surface area (Å²) in [5.41, 5.74) is 9.27. The zero-order valence-electron chi connectivity index (χ0n) is 10.3. The van der Waals surface area contributed by atoms with E-state index in [1.54, 1.807) is 0 Å². The zero-order valence-corrected chi connectivity index (χ0v) is 10.3. The van der Waals surface area contributed by atoms with E-state index in [-0.39, 0.29) is 5.41 Å². The topological polar surface area (TPSA) is 35.2 Å². The van der Waals surface area contributed by atoms with Gasteiger partial charge in [0.05, 0.1) is 6.10 Å². The molecule has 1 fully saturated rings. The van der Waals surface area contributed by atoms with Crippen molar-refractivity contribution >= 4 is 0 Å². The van der Waals surface area contributed by atoms with Crippen LogP contribution in [0, 0.1) is 0 Å². The molecule has 17 heavy (non-hydrogen) atoms. The smallest absolute Gasteiger partial charge is 0.0585 e. The molecule has 2 aliphatic rings. The Morgan fingerprint density at radius 2 is 2.24 bits per heavy atom. The Morgan fingerprint density at radius 3 is 3.00 bits per heavy atom. The number of aryl methyl sites for hydroxylation is 1. The van der Waals surface area contributed by atoms with E-state index in [4.69, 9.17) is 10.5 Å². The molecule has 2 N–H and O–H groups in total.